The smallest absolute Gasteiger partial charge is 0.256 e. The first-order valence-electron chi connectivity index (χ1n) is 8.54. The molecule has 24 heavy (non-hydrogen) atoms. The maximum Gasteiger partial charge on any atom is 0.256 e. The molecule has 1 aromatic carbocycles. The molecule has 0 bridgehead atoms. The fraction of sp³-hybridized carbons (Fsp3) is 0.579. The van der Waals surface area contributed by atoms with Gasteiger partial charge in [-0.25, -0.2) is 0 Å². The van der Waals surface area contributed by atoms with E-state index in [4.69, 9.17) is 9.47 Å². The summed E-state index contributed by atoms with van der Waals surface area (Å²) < 4.78 is 11.0. The summed E-state index contributed by atoms with van der Waals surface area (Å²) in [7, 11) is 1.54. The molecule has 0 saturated heterocycles. The number of benzene rings is 1. The van der Waals surface area contributed by atoms with E-state index in [9.17, 15) is 10.1 Å². The van der Waals surface area contributed by atoms with Gasteiger partial charge in [0.15, 0.2) is 0 Å². The SMILES string of the molecule is CCCCOc1ccc(NC(=O)[C@](C)(CCCC)OC)cc1C#N. The highest BCUT2D eigenvalue weighted by Gasteiger charge is 2.32. The van der Waals surface area contributed by atoms with Crippen molar-refractivity contribution in [3.05, 3.63) is 23.8 Å². The van der Waals surface area contributed by atoms with Gasteiger partial charge in [0.2, 0.25) is 0 Å². The highest BCUT2D eigenvalue weighted by atomic mass is 16.5. The molecule has 0 heterocycles. The molecule has 0 aliphatic carbocycles. The number of methoxy groups -OCH3 is 1. The molecule has 0 aliphatic heterocycles. The van der Waals surface area contributed by atoms with Crippen LogP contribution in [0.5, 0.6) is 5.75 Å². The molecule has 0 radical (unpaired) electrons. The molecule has 1 aromatic rings. The Morgan fingerprint density at radius 2 is 2.00 bits per heavy atom. The van der Waals surface area contributed by atoms with Crippen molar-refractivity contribution >= 4 is 11.6 Å². The molecule has 0 spiro atoms. The van der Waals surface area contributed by atoms with Crippen molar-refractivity contribution in [1.29, 1.82) is 5.26 Å². The zero-order chi connectivity index (χ0) is 18.0. The monoisotopic (exact) mass is 332 g/mol. The lowest BCUT2D eigenvalue weighted by Gasteiger charge is -2.26. The van der Waals surface area contributed by atoms with Crippen LogP contribution in [0.25, 0.3) is 0 Å². The van der Waals surface area contributed by atoms with E-state index in [1.165, 1.54) is 0 Å². The normalized spacial score (nSPS) is 13.0. The van der Waals surface area contributed by atoms with Gasteiger partial charge in [-0.3, -0.25) is 4.79 Å². The van der Waals surface area contributed by atoms with Crippen molar-refractivity contribution in [1.82, 2.24) is 0 Å². The van der Waals surface area contributed by atoms with E-state index in [-0.39, 0.29) is 5.91 Å². The van der Waals surface area contributed by atoms with Crippen molar-refractivity contribution in [2.75, 3.05) is 19.0 Å². The number of amides is 1. The molecule has 132 valence electrons. The molecule has 5 heteroatoms. The third-order valence-corrected chi connectivity index (χ3v) is 4.05. The third kappa shape index (κ3) is 5.54. The third-order valence-electron chi connectivity index (χ3n) is 4.05. The van der Waals surface area contributed by atoms with Gasteiger partial charge >= 0.3 is 0 Å². The number of hydrogen-bond donors (Lipinski definition) is 1. The number of nitriles is 1. The second-order valence-electron chi connectivity index (χ2n) is 6.02. The molecule has 1 amide bonds. The van der Waals surface area contributed by atoms with E-state index in [0.29, 0.717) is 30.0 Å². The zero-order valence-corrected chi connectivity index (χ0v) is 15.1. The van der Waals surface area contributed by atoms with Crippen LogP contribution in [0.15, 0.2) is 18.2 Å². The van der Waals surface area contributed by atoms with Crippen LogP contribution in [0, 0.1) is 11.3 Å². The standard InChI is InChI=1S/C19H28N2O3/c1-5-7-11-19(3,23-4)18(22)21-16-9-10-17(15(13-16)14-20)24-12-8-6-2/h9-10,13H,5-8,11-12H2,1-4H3,(H,21,22)/t19-/m0/s1. The van der Waals surface area contributed by atoms with Gasteiger partial charge in [0.05, 0.1) is 12.2 Å². The predicted molar refractivity (Wildman–Crippen MR) is 95.1 cm³/mol. The average molecular weight is 332 g/mol. The second kappa shape index (κ2) is 9.94. The minimum absolute atomic E-state index is 0.206. The predicted octanol–water partition coefficient (Wildman–Crippen LogP) is 4.27. The van der Waals surface area contributed by atoms with Gasteiger partial charge in [-0.05, 0) is 38.0 Å². The number of rotatable bonds is 10. The fourth-order valence-electron chi connectivity index (χ4n) is 2.23. The lowest BCUT2D eigenvalue weighted by molar-refractivity contribution is -0.136. The minimum Gasteiger partial charge on any atom is -0.492 e. The van der Waals surface area contributed by atoms with Gasteiger partial charge in [0, 0.05) is 12.8 Å². The largest absolute Gasteiger partial charge is 0.492 e. The number of unbranched alkanes of at least 4 members (excludes halogenated alkanes) is 2. The van der Waals surface area contributed by atoms with Crippen molar-refractivity contribution in [3.8, 4) is 11.8 Å². The van der Waals surface area contributed by atoms with Crippen LogP contribution in [0.1, 0.15) is 58.4 Å². The number of anilines is 1. The zero-order valence-electron chi connectivity index (χ0n) is 15.1. The quantitative estimate of drug-likeness (QED) is 0.649. The summed E-state index contributed by atoms with van der Waals surface area (Å²) in [5.41, 5.74) is 0.106. The molecular formula is C19H28N2O3. The highest BCUT2D eigenvalue weighted by molar-refractivity contribution is 5.97. The van der Waals surface area contributed by atoms with Gasteiger partial charge in [-0.1, -0.05) is 33.1 Å². The Morgan fingerprint density at radius 3 is 2.58 bits per heavy atom. The van der Waals surface area contributed by atoms with Gasteiger partial charge in [-0.15, -0.1) is 0 Å². The van der Waals surface area contributed by atoms with E-state index in [0.717, 1.165) is 25.7 Å². The van der Waals surface area contributed by atoms with E-state index in [1.54, 1.807) is 32.2 Å². The molecule has 1 atom stereocenters. The number of hydrogen-bond acceptors (Lipinski definition) is 4. The molecule has 0 aromatic heterocycles. The Morgan fingerprint density at radius 1 is 1.29 bits per heavy atom. The van der Waals surface area contributed by atoms with Crippen LogP contribution in [0.2, 0.25) is 0 Å². The number of carbonyl (C=O) groups excluding carboxylic acids is 1. The maximum absolute atomic E-state index is 12.5. The van der Waals surface area contributed by atoms with E-state index in [1.807, 2.05) is 0 Å². The van der Waals surface area contributed by atoms with Crippen LogP contribution >= 0.6 is 0 Å². The highest BCUT2D eigenvalue weighted by Crippen LogP contribution is 2.25. The first kappa shape index (κ1) is 20.0. The molecule has 0 fully saturated rings. The number of ether oxygens (including phenoxy) is 2. The molecule has 1 rings (SSSR count). The Labute approximate surface area is 145 Å². The van der Waals surface area contributed by atoms with E-state index < -0.39 is 5.60 Å². The van der Waals surface area contributed by atoms with Gasteiger partial charge < -0.3 is 14.8 Å². The summed E-state index contributed by atoms with van der Waals surface area (Å²) in [5, 5.41) is 12.1. The van der Waals surface area contributed by atoms with Gasteiger partial charge in [0.1, 0.15) is 17.4 Å². The van der Waals surface area contributed by atoms with E-state index in [2.05, 4.69) is 25.2 Å². The summed E-state index contributed by atoms with van der Waals surface area (Å²) >= 11 is 0. The number of nitrogens with one attached hydrogen (secondary N) is 1. The lowest BCUT2D eigenvalue weighted by atomic mass is 9.97. The van der Waals surface area contributed by atoms with Crippen molar-refractivity contribution in [2.45, 2.75) is 58.5 Å². The first-order valence-corrected chi connectivity index (χ1v) is 8.54. The summed E-state index contributed by atoms with van der Waals surface area (Å²) in [6.45, 7) is 6.52. The lowest BCUT2D eigenvalue weighted by Crippen LogP contribution is -2.41. The summed E-state index contributed by atoms with van der Waals surface area (Å²) in [5.74, 6) is 0.339. The topological polar surface area (TPSA) is 71.3 Å². The van der Waals surface area contributed by atoms with Gasteiger partial charge in [-0.2, -0.15) is 5.26 Å². The summed E-state index contributed by atoms with van der Waals surface area (Å²) in [6.07, 6.45) is 4.52. The average Bonchev–Trinajstić information content (AvgIpc) is 2.60. The minimum atomic E-state index is -0.876. The Balaban J connectivity index is 2.84. The van der Waals surface area contributed by atoms with Gasteiger partial charge in [0.25, 0.3) is 5.91 Å². The second-order valence-corrected chi connectivity index (χ2v) is 6.02. The first-order chi connectivity index (χ1) is 11.5. The fourth-order valence-corrected chi connectivity index (χ4v) is 2.23. The van der Waals surface area contributed by atoms with Crippen molar-refractivity contribution < 1.29 is 14.3 Å². The number of nitrogens with zero attached hydrogens (tertiary/aromatic N) is 1. The maximum atomic E-state index is 12.5. The Bertz CT molecular complexity index is 580. The van der Waals surface area contributed by atoms with Crippen LogP contribution in [0.3, 0.4) is 0 Å². The van der Waals surface area contributed by atoms with Crippen LogP contribution in [0.4, 0.5) is 5.69 Å². The molecule has 1 N–H and O–H groups in total. The Kier molecular flexibility index (Phi) is 8.28. The van der Waals surface area contributed by atoms with Crippen LogP contribution < -0.4 is 10.1 Å². The van der Waals surface area contributed by atoms with Crippen molar-refractivity contribution in [2.24, 2.45) is 0 Å². The molecule has 0 aliphatic rings. The molecule has 5 nitrogen and oxygen atoms in total. The summed E-state index contributed by atoms with van der Waals surface area (Å²) in [4.78, 5) is 12.5. The van der Waals surface area contributed by atoms with Crippen LogP contribution in [-0.4, -0.2) is 25.2 Å². The van der Waals surface area contributed by atoms with Crippen LogP contribution in [-0.2, 0) is 9.53 Å². The van der Waals surface area contributed by atoms with Crippen molar-refractivity contribution in [3.63, 3.8) is 0 Å². The molecular weight excluding hydrogens is 304 g/mol. The van der Waals surface area contributed by atoms with E-state index >= 15 is 0 Å². The molecule has 0 unspecified atom stereocenters. The molecule has 0 saturated carbocycles. The summed E-state index contributed by atoms with van der Waals surface area (Å²) in [6, 6.07) is 7.22. The Hall–Kier alpha value is -2.06. The number of carbonyl (C=O) groups is 1.